The van der Waals surface area contributed by atoms with Crippen LogP contribution in [-0.4, -0.2) is 14.9 Å². The van der Waals surface area contributed by atoms with E-state index < -0.39 is 6.10 Å². The summed E-state index contributed by atoms with van der Waals surface area (Å²) >= 11 is 0. The van der Waals surface area contributed by atoms with Crippen LogP contribution in [0.4, 0.5) is 0 Å². The number of nitrogens with zero attached hydrogens (tertiary/aromatic N) is 2. The Labute approximate surface area is 120 Å². The summed E-state index contributed by atoms with van der Waals surface area (Å²) in [7, 11) is 1.93. The molecule has 0 aliphatic heterocycles. The van der Waals surface area contributed by atoms with Crippen LogP contribution >= 0.6 is 0 Å². The van der Waals surface area contributed by atoms with E-state index in [-0.39, 0.29) is 0 Å². The lowest BCUT2D eigenvalue weighted by Crippen LogP contribution is -2.04. The van der Waals surface area contributed by atoms with Crippen molar-refractivity contribution >= 4 is 0 Å². The van der Waals surface area contributed by atoms with E-state index >= 15 is 0 Å². The molecule has 1 N–H and O–H groups in total. The highest BCUT2D eigenvalue weighted by Crippen LogP contribution is 2.23. The Balaban J connectivity index is 2.08. The summed E-state index contributed by atoms with van der Waals surface area (Å²) < 4.78 is 7.71. The molecule has 0 saturated heterocycles. The summed E-state index contributed by atoms with van der Waals surface area (Å²) in [5.74, 6) is 0.841. The molecule has 108 valence electrons. The van der Waals surface area contributed by atoms with Gasteiger partial charge in [0.1, 0.15) is 12.4 Å². The maximum Gasteiger partial charge on any atom is 0.130 e. The van der Waals surface area contributed by atoms with Gasteiger partial charge in [-0.1, -0.05) is 13.0 Å². The van der Waals surface area contributed by atoms with Gasteiger partial charge < -0.3 is 9.84 Å². The Bertz CT molecular complexity index is 588. The zero-order valence-electron chi connectivity index (χ0n) is 12.6. The molecule has 0 saturated carbocycles. The van der Waals surface area contributed by atoms with E-state index in [4.69, 9.17) is 4.74 Å². The second kappa shape index (κ2) is 6.09. The first-order valence-corrected chi connectivity index (χ1v) is 6.94. The van der Waals surface area contributed by atoms with Crippen LogP contribution in [0.5, 0.6) is 5.75 Å². The summed E-state index contributed by atoms with van der Waals surface area (Å²) in [6, 6.07) is 7.84. The van der Waals surface area contributed by atoms with Crippen LogP contribution in [0.25, 0.3) is 0 Å². The maximum absolute atomic E-state index is 9.56. The Morgan fingerprint density at radius 1 is 1.35 bits per heavy atom. The summed E-state index contributed by atoms with van der Waals surface area (Å²) in [5.41, 5.74) is 4.07. The van der Waals surface area contributed by atoms with Gasteiger partial charge in [0.2, 0.25) is 0 Å². The Morgan fingerprint density at radius 2 is 2.10 bits per heavy atom. The number of ether oxygens (including phenoxy) is 1. The van der Waals surface area contributed by atoms with Gasteiger partial charge in [0.15, 0.2) is 0 Å². The number of aliphatic hydroxyl groups excluding tert-OH is 1. The predicted molar refractivity (Wildman–Crippen MR) is 78.7 cm³/mol. The van der Waals surface area contributed by atoms with E-state index in [1.54, 1.807) is 6.92 Å². The minimum Gasteiger partial charge on any atom is -0.487 e. The normalized spacial score (nSPS) is 12.4. The average Bonchev–Trinajstić information content (AvgIpc) is 2.78. The van der Waals surface area contributed by atoms with E-state index in [1.807, 2.05) is 36.9 Å². The van der Waals surface area contributed by atoms with Crippen LogP contribution in [0.3, 0.4) is 0 Å². The third kappa shape index (κ3) is 3.20. The molecule has 0 fully saturated rings. The van der Waals surface area contributed by atoms with Gasteiger partial charge >= 0.3 is 0 Å². The van der Waals surface area contributed by atoms with Crippen molar-refractivity contribution in [3.63, 3.8) is 0 Å². The first-order valence-electron chi connectivity index (χ1n) is 6.94. The Kier molecular flexibility index (Phi) is 4.45. The quantitative estimate of drug-likeness (QED) is 0.912. The van der Waals surface area contributed by atoms with E-state index in [2.05, 4.69) is 18.1 Å². The minimum absolute atomic E-state index is 0.452. The maximum atomic E-state index is 9.56. The molecule has 2 rings (SSSR count). The molecule has 0 bridgehead atoms. The van der Waals surface area contributed by atoms with Crippen LogP contribution in [0, 0.1) is 6.92 Å². The first kappa shape index (κ1) is 14.6. The molecule has 0 spiro atoms. The molecule has 0 aliphatic rings. The van der Waals surface area contributed by atoms with Crippen LogP contribution in [0.1, 0.15) is 42.5 Å². The van der Waals surface area contributed by atoms with Crippen LogP contribution in [-0.2, 0) is 20.1 Å². The highest BCUT2D eigenvalue weighted by atomic mass is 16.5. The van der Waals surface area contributed by atoms with Gasteiger partial charge in [-0.15, -0.1) is 0 Å². The fraction of sp³-hybridized carbons (Fsp3) is 0.438. The molecule has 4 nitrogen and oxygen atoms in total. The number of hydrogen-bond donors (Lipinski definition) is 1. The molecular weight excluding hydrogens is 252 g/mol. The Hall–Kier alpha value is -1.81. The lowest BCUT2D eigenvalue weighted by Gasteiger charge is -2.12. The molecule has 1 atom stereocenters. The van der Waals surface area contributed by atoms with Crippen molar-refractivity contribution < 1.29 is 9.84 Å². The standard InChI is InChI=1S/C16H22N2O2/c1-5-14-9-15(18(4)17-14)10-20-16-7-6-13(12(3)19)8-11(16)2/h6-9,12,19H,5,10H2,1-4H3/t12-/m1/s1. The largest absolute Gasteiger partial charge is 0.487 e. The van der Waals surface area contributed by atoms with Crippen LogP contribution in [0.2, 0.25) is 0 Å². The van der Waals surface area contributed by atoms with Gasteiger partial charge in [0.05, 0.1) is 17.5 Å². The smallest absolute Gasteiger partial charge is 0.130 e. The summed E-state index contributed by atoms with van der Waals surface area (Å²) in [6.45, 7) is 6.34. The fourth-order valence-electron chi connectivity index (χ4n) is 2.13. The van der Waals surface area contributed by atoms with Gasteiger partial charge in [-0.25, -0.2) is 0 Å². The van der Waals surface area contributed by atoms with Crippen molar-refractivity contribution in [2.75, 3.05) is 0 Å². The first-order chi connectivity index (χ1) is 9.51. The van der Waals surface area contributed by atoms with Crippen LogP contribution in [0.15, 0.2) is 24.3 Å². The van der Waals surface area contributed by atoms with Gasteiger partial charge in [0, 0.05) is 7.05 Å². The van der Waals surface area contributed by atoms with Crippen molar-refractivity contribution in [2.24, 2.45) is 7.05 Å². The third-order valence-corrected chi connectivity index (χ3v) is 3.45. The zero-order valence-corrected chi connectivity index (χ0v) is 12.6. The topological polar surface area (TPSA) is 47.3 Å². The average molecular weight is 274 g/mol. The zero-order chi connectivity index (χ0) is 14.7. The molecule has 0 aliphatic carbocycles. The van der Waals surface area contributed by atoms with E-state index in [9.17, 15) is 5.11 Å². The lowest BCUT2D eigenvalue weighted by molar-refractivity contribution is 0.199. The second-order valence-electron chi connectivity index (χ2n) is 5.09. The fourth-order valence-corrected chi connectivity index (χ4v) is 2.13. The van der Waals surface area contributed by atoms with Crippen molar-refractivity contribution in [1.29, 1.82) is 0 Å². The molecule has 0 radical (unpaired) electrons. The molecule has 0 amide bonds. The van der Waals surface area contributed by atoms with E-state index in [0.717, 1.165) is 34.7 Å². The lowest BCUT2D eigenvalue weighted by atomic mass is 10.1. The van der Waals surface area contributed by atoms with Gasteiger partial charge in [-0.05, 0) is 49.6 Å². The second-order valence-corrected chi connectivity index (χ2v) is 5.09. The number of aryl methyl sites for hydroxylation is 3. The van der Waals surface area contributed by atoms with Crippen LogP contribution < -0.4 is 4.74 Å². The highest BCUT2D eigenvalue weighted by molar-refractivity contribution is 5.37. The molecule has 20 heavy (non-hydrogen) atoms. The van der Waals surface area contributed by atoms with Crippen molar-refractivity contribution in [1.82, 2.24) is 9.78 Å². The summed E-state index contributed by atoms with van der Waals surface area (Å²) in [6.07, 6.45) is 0.475. The Morgan fingerprint density at radius 3 is 2.65 bits per heavy atom. The molecule has 2 aromatic rings. The SMILES string of the molecule is CCc1cc(COc2ccc([C@@H](C)O)cc2C)n(C)n1. The summed E-state index contributed by atoms with van der Waals surface area (Å²) in [5, 5.41) is 14.0. The monoisotopic (exact) mass is 274 g/mol. The van der Waals surface area contributed by atoms with Crippen molar-refractivity contribution in [3.05, 3.63) is 46.8 Å². The van der Waals surface area contributed by atoms with E-state index in [0.29, 0.717) is 6.61 Å². The molecule has 1 heterocycles. The molecule has 1 aromatic heterocycles. The minimum atomic E-state index is -0.452. The molecule has 1 aromatic carbocycles. The molecule has 0 unspecified atom stereocenters. The summed E-state index contributed by atoms with van der Waals surface area (Å²) in [4.78, 5) is 0. The van der Waals surface area contributed by atoms with E-state index in [1.165, 1.54) is 0 Å². The van der Waals surface area contributed by atoms with Crippen molar-refractivity contribution in [3.8, 4) is 5.75 Å². The molecular formula is C16H22N2O2. The predicted octanol–water partition coefficient (Wildman–Crippen LogP) is 2.92. The third-order valence-electron chi connectivity index (χ3n) is 3.45. The number of aromatic nitrogens is 2. The highest BCUT2D eigenvalue weighted by Gasteiger charge is 2.08. The number of rotatable bonds is 5. The van der Waals surface area contributed by atoms with Gasteiger partial charge in [0.25, 0.3) is 0 Å². The number of benzene rings is 1. The number of hydrogen-bond acceptors (Lipinski definition) is 3. The van der Waals surface area contributed by atoms with Gasteiger partial charge in [-0.2, -0.15) is 5.10 Å². The molecule has 4 heteroatoms. The van der Waals surface area contributed by atoms with Gasteiger partial charge in [-0.3, -0.25) is 4.68 Å². The van der Waals surface area contributed by atoms with Crippen molar-refractivity contribution in [2.45, 2.75) is 39.9 Å². The number of aliphatic hydroxyl groups is 1.